The normalized spacial score (nSPS) is 15.4. The number of carbonyl (C=O) groups excluding carboxylic acids is 1. The van der Waals surface area contributed by atoms with Crippen LogP contribution in [0.15, 0.2) is 24.3 Å². The summed E-state index contributed by atoms with van der Waals surface area (Å²) < 4.78 is 5.07. The number of ether oxygens (including phenoxy) is 1. The molecule has 0 radical (unpaired) electrons. The second-order valence-corrected chi connectivity index (χ2v) is 4.99. The fourth-order valence-electron chi connectivity index (χ4n) is 2.34. The Labute approximate surface area is 126 Å². The molecule has 0 spiro atoms. The molecule has 1 aromatic rings. The molecule has 0 unspecified atom stereocenters. The molecule has 1 amide bonds. The van der Waals surface area contributed by atoms with Crippen molar-refractivity contribution in [1.82, 2.24) is 10.6 Å². The Hall–Kier alpha value is -1.10. The van der Waals surface area contributed by atoms with E-state index in [-0.39, 0.29) is 24.2 Å². The van der Waals surface area contributed by atoms with Crippen LogP contribution in [0.5, 0.6) is 0 Å². The number of hydrogen-bond acceptors (Lipinski definition) is 3. The molecule has 1 aliphatic heterocycles. The zero-order chi connectivity index (χ0) is 13.5. The van der Waals surface area contributed by atoms with Gasteiger partial charge in [0.25, 0.3) is 0 Å². The fourth-order valence-corrected chi connectivity index (χ4v) is 2.34. The molecular weight excluding hydrogens is 276 g/mol. The second-order valence-electron chi connectivity index (χ2n) is 4.99. The van der Waals surface area contributed by atoms with Gasteiger partial charge in [0.15, 0.2) is 0 Å². The van der Waals surface area contributed by atoms with Gasteiger partial charge < -0.3 is 15.4 Å². The maximum Gasteiger partial charge on any atom is 0.223 e. The third-order valence-electron chi connectivity index (χ3n) is 3.51. The predicted molar refractivity (Wildman–Crippen MR) is 81.8 cm³/mol. The van der Waals surface area contributed by atoms with Gasteiger partial charge in [0.05, 0.1) is 6.61 Å². The van der Waals surface area contributed by atoms with Crippen molar-refractivity contribution in [2.75, 3.05) is 20.2 Å². The minimum absolute atomic E-state index is 0. The van der Waals surface area contributed by atoms with Crippen molar-refractivity contribution in [3.63, 3.8) is 0 Å². The summed E-state index contributed by atoms with van der Waals surface area (Å²) in [7, 11) is 1.69. The molecule has 2 rings (SSSR count). The highest BCUT2D eigenvalue weighted by Gasteiger charge is 2.20. The molecule has 1 fully saturated rings. The van der Waals surface area contributed by atoms with Gasteiger partial charge in [-0.25, -0.2) is 0 Å². The monoisotopic (exact) mass is 298 g/mol. The number of nitrogens with one attached hydrogen (secondary N) is 2. The van der Waals surface area contributed by atoms with Crippen LogP contribution in [0.3, 0.4) is 0 Å². The fraction of sp³-hybridized carbons (Fsp3) is 0.533. The van der Waals surface area contributed by atoms with Crippen molar-refractivity contribution in [1.29, 1.82) is 0 Å². The lowest BCUT2D eigenvalue weighted by atomic mass is 9.97. The van der Waals surface area contributed by atoms with Gasteiger partial charge in [-0.05, 0) is 37.1 Å². The van der Waals surface area contributed by atoms with Gasteiger partial charge >= 0.3 is 0 Å². The standard InChI is InChI=1S/C15H22N2O2.ClH/c1-19-11-13-4-2-12(3-5-13)10-17-15(18)14-6-8-16-9-7-14;/h2-5,14,16H,6-11H2,1H3,(H,17,18);1H. The summed E-state index contributed by atoms with van der Waals surface area (Å²) >= 11 is 0. The van der Waals surface area contributed by atoms with Gasteiger partial charge in [-0.3, -0.25) is 4.79 Å². The molecule has 0 bridgehead atoms. The summed E-state index contributed by atoms with van der Waals surface area (Å²) in [6.45, 7) is 3.13. The molecule has 5 heteroatoms. The van der Waals surface area contributed by atoms with Crippen molar-refractivity contribution >= 4 is 18.3 Å². The maximum atomic E-state index is 12.0. The molecule has 0 atom stereocenters. The molecule has 1 aliphatic rings. The molecule has 1 aromatic carbocycles. The SMILES string of the molecule is COCc1ccc(CNC(=O)C2CCNCC2)cc1.Cl. The van der Waals surface area contributed by atoms with Crippen molar-refractivity contribution in [3.8, 4) is 0 Å². The third kappa shape index (κ3) is 5.12. The number of halogens is 1. The van der Waals surface area contributed by atoms with E-state index in [9.17, 15) is 4.79 Å². The Morgan fingerprint density at radius 1 is 1.25 bits per heavy atom. The highest BCUT2D eigenvalue weighted by Crippen LogP contribution is 2.12. The van der Waals surface area contributed by atoms with Crippen LogP contribution in [0, 0.1) is 5.92 Å². The van der Waals surface area contributed by atoms with Crippen LogP contribution in [0.1, 0.15) is 24.0 Å². The van der Waals surface area contributed by atoms with Crippen molar-refractivity contribution in [2.45, 2.75) is 26.0 Å². The van der Waals surface area contributed by atoms with Crippen molar-refractivity contribution in [3.05, 3.63) is 35.4 Å². The maximum absolute atomic E-state index is 12.0. The summed E-state index contributed by atoms with van der Waals surface area (Å²) in [5.41, 5.74) is 2.28. The van der Waals surface area contributed by atoms with Crippen LogP contribution < -0.4 is 10.6 Å². The Morgan fingerprint density at radius 2 is 1.85 bits per heavy atom. The van der Waals surface area contributed by atoms with E-state index in [4.69, 9.17) is 4.74 Å². The smallest absolute Gasteiger partial charge is 0.223 e. The molecular formula is C15H23ClN2O2. The Balaban J connectivity index is 0.00000200. The van der Waals surface area contributed by atoms with E-state index in [0.29, 0.717) is 13.2 Å². The minimum Gasteiger partial charge on any atom is -0.380 e. The van der Waals surface area contributed by atoms with Gasteiger partial charge in [0.1, 0.15) is 0 Å². The quantitative estimate of drug-likeness (QED) is 0.872. The first kappa shape index (κ1) is 17.0. The zero-order valence-electron chi connectivity index (χ0n) is 11.9. The zero-order valence-corrected chi connectivity index (χ0v) is 12.7. The minimum atomic E-state index is 0. The van der Waals surface area contributed by atoms with Crippen LogP contribution in [-0.4, -0.2) is 26.1 Å². The number of piperidine rings is 1. The third-order valence-corrected chi connectivity index (χ3v) is 3.51. The van der Waals surface area contributed by atoms with Crippen LogP contribution in [0.2, 0.25) is 0 Å². The number of methoxy groups -OCH3 is 1. The van der Waals surface area contributed by atoms with E-state index in [2.05, 4.69) is 10.6 Å². The topological polar surface area (TPSA) is 50.4 Å². The van der Waals surface area contributed by atoms with E-state index in [0.717, 1.165) is 37.1 Å². The van der Waals surface area contributed by atoms with Gasteiger partial charge in [0.2, 0.25) is 5.91 Å². The number of amides is 1. The molecule has 1 saturated heterocycles. The largest absolute Gasteiger partial charge is 0.380 e. The van der Waals surface area contributed by atoms with Crippen LogP contribution in [-0.2, 0) is 22.7 Å². The molecule has 0 aromatic heterocycles. The predicted octanol–water partition coefficient (Wildman–Crippen LogP) is 1.87. The molecule has 2 N–H and O–H groups in total. The first-order valence-electron chi connectivity index (χ1n) is 6.85. The lowest BCUT2D eigenvalue weighted by Crippen LogP contribution is -2.37. The van der Waals surface area contributed by atoms with Gasteiger partial charge in [0, 0.05) is 19.6 Å². The first-order chi connectivity index (χ1) is 9.29. The van der Waals surface area contributed by atoms with Crippen LogP contribution >= 0.6 is 12.4 Å². The number of hydrogen-bond donors (Lipinski definition) is 2. The average molecular weight is 299 g/mol. The van der Waals surface area contributed by atoms with Gasteiger partial charge in [-0.2, -0.15) is 0 Å². The summed E-state index contributed by atoms with van der Waals surface area (Å²) in [6.07, 6.45) is 1.89. The van der Waals surface area contributed by atoms with Crippen molar-refractivity contribution < 1.29 is 9.53 Å². The van der Waals surface area contributed by atoms with Gasteiger partial charge in [-0.1, -0.05) is 24.3 Å². The Morgan fingerprint density at radius 3 is 2.45 bits per heavy atom. The van der Waals surface area contributed by atoms with Crippen molar-refractivity contribution in [2.24, 2.45) is 5.92 Å². The lowest BCUT2D eigenvalue weighted by Gasteiger charge is -2.21. The second kappa shape index (κ2) is 8.95. The molecule has 20 heavy (non-hydrogen) atoms. The van der Waals surface area contributed by atoms with E-state index in [1.165, 1.54) is 0 Å². The number of benzene rings is 1. The summed E-state index contributed by atoms with van der Waals surface area (Å²) in [5, 5.41) is 6.29. The summed E-state index contributed by atoms with van der Waals surface area (Å²) in [5.74, 6) is 0.358. The van der Waals surface area contributed by atoms with Crippen LogP contribution in [0.4, 0.5) is 0 Å². The Kier molecular flexibility index (Phi) is 7.59. The summed E-state index contributed by atoms with van der Waals surface area (Å²) in [6, 6.07) is 8.15. The number of carbonyl (C=O) groups is 1. The molecule has 0 aliphatic carbocycles. The molecule has 1 heterocycles. The van der Waals surface area contributed by atoms with E-state index in [1.807, 2.05) is 24.3 Å². The molecule has 4 nitrogen and oxygen atoms in total. The highest BCUT2D eigenvalue weighted by molar-refractivity contribution is 5.85. The molecule has 0 saturated carbocycles. The van der Waals surface area contributed by atoms with E-state index < -0.39 is 0 Å². The molecule has 112 valence electrons. The van der Waals surface area contributed by atoms with Crippen LogP contribution in [0.25, 0.3) is 0 Å². The summed E-state index contributed by atoms with van der Waals surface area (Å²) in [4.78, 5) is 12.0. The lowest BCUT2D eigenvalue weighted by molar-refractivity contribution is -0.125. The number of rotatable bonds is 5. The Bertz CT molecular complexity index is 403. The average Bonchev–Trinajstić information content (AvgIpc) is 2.47. The first-order valence-corrected chi connectivity index (χ1v) is 6.85. The van der Waals surface area contributed by atoms with E-state index >= 15 is 0 Å². The van der Waals surface area contributed by atoms with E-state index in [1.54, 1.807) is 7.11 Å². The highest BCUT2D eigenvalue weighted by atomic mass is 35.5. The van der Waals surface area contributed by atoms with Gasteiger partial charge in [-0.15, -0.1) is 12.4 Å².